The number of thioether (sulfide) groups is 1. The summed E-state index contributed by atoms with van der Waals surface area (Å²) in [6, 6.07) is 10.4. The van der Waals surface area contributed by atoms with E-state index in [1.165, 1.54) is 29.4 Å². The number of nitrogens with one attached hydrogen (secondary N) is 1. The van der Waals surface area contributed by atoms with Crippen molar-refractivity contribution in [2.24, 2.45) is 0 Å². The van der Waals surface area contributed by atoms with Gasteiger partial charge >= 0.3 is 0 Å². The van der Waals surface area contributed by atoms with Crippen LogP contribution in [0.1, 0.15) is 63.6 Å². The summed E-state index contributed by atoms with van der Waals surface area (Å²) in [5.74, 6) is -1.41. The van der Waals surface area contributed by atoms with Gasteiger partial charge in [-0.3, -0.25) is 19.3 Å². The van der Waals surface area contributed by atoms with Gasteiger partial charge in [-0.2, -0.15) is 0 Å². The fraction of sp³-hybridized carbons (Fsp3) is 0.393. The molecule has 1 atom stereocenters. The van der Waals surface area contributed by atoms with Crippen LogP contribution in [-0.4, -0.2) is 40.1 Å². The quantitative estimate of drug-likeness (QED) is 0.479. The molecule has 0 radical (unpaired) electrons. The number of aryl methyl sites for hydroxylation is 1. The Kier molecular flexibility index (Phi) is 7.01. The third-order valence-corrected chi connectivity index (χ3v) is 7.70. The topological polar surface area (TPSA) is 69.7 Å². The average molecular weight is 510 g/mol. The van der Waals surface area contributed by atoms with Crippen LogP contribution < -0.4 is 10.2 Å². The Hall–Kier alpha value is -3.13. The summed E-state index contributed by atoms with van der Waals surface area (Å²) >= 11 is 0.814. The molecule has 2 aliphatic heterocycles. The number of rotatable bonds is 5. The van der Waals surface area contributed by atoms with E-state index in [4.69, 9.17) is 0 Å². The number of nitrogens with zero attached hydrogens (tertiary/aromatic N) is 2. The van der Waals surface area contributed by atoms with Crippen molar-refractivity contribution in [1.82, 2.24) is 4.90 Å². The van der Waals surface area contributed by atoms with Crippen LogP contribution in [0.15, 0.2) is 41.3 Å². The SMILES string of the molecule is Cc1cc2c(cc1/C=C1\SC(=O)N(CC(=O)Nc3ccccc3F)C1=O)C(C)CC(C)(C)N2C(C)C. The molecule has 1 fully saturated rings. The minimum Gasteiger partial charge on any atom is -0.364 e. The summed E-state index contributed by atoms with van der Waals surface area (Å²) in [6.45, 7) is 12.7. The largest absolute Gasteiger partial charge is 0.364 e. The maximum absolute atomic E-state index is 13.8. The molecular formula is C28H32FN3O3S. The predicted molar refractivity (Wildman–Crippen MR) is 144 cm³/mol. The van der Waals surface area contributed by atoms with Crippen LogP contribution >= 0.6 is 11.8 Å². The predicted octanol–water partition coefficient (Wildman–Crippen LogP) is 6.31. The lowest BCUT2D eigenvalue weighted by atomic mass is 9.78. The molecular weight excluding hydrogens is 477 g/mol. The lowest BCUT2D eigenvalue weighted by Crippen LogP contribution is -2.51. The second-order valence-electron chi connectivity index (χ2n) is 10.4. The zero-order valence-electron chi connectivity index (χ0n) is 21.5. The number of carbonyl (C=O) groups excluding carboxylic acids is 3. The van der Waals surface area contributed by atoms with E-state index in [0.717, 1.165) is 34.2 Å². The normalized spacial score (nSPS) is 20.3. The number of amides is 3. The number of hydrogen-bond donors (Lipinski definition) is 1. The summed E-state index contributed by atoms with van der Waals surface area (Å²) in [7, 11) is 0. The summed E-state index contributed by atoms with van der Waals surface area (Å²) in [4.78, 5) is 41.6. The Morgan fingerprint density at radius 2 is 1.94 bits per heavy atom. The highest BCUT2D eigenvalue weighted by Crippen LogP contribution is 2.46. The Bertz CT molecular complexity index is 1270. The standard InChI is InChI=1S/C28H32FN3O3S/c1-16(2)32-23-11-17(3)19(12-20(23)18(4)14-28(32,5)6)13-24-26(34)31(27(35)36-24)15-25(33)30-22-10-8-7-9-21(22)29/h7-13,16,18H,14-15H2,1-6H3,(H,30,33)/b24-13-. The highest BCUT2D eigenvalue weighted by atomic mass is 32.2. The Morgan fingerprint density at radius 3 is 2.61 bits per heavy atom. The molecule has 3 amide bonds. The van der Waals surface area contributed by atoms with Gasteiger partial charge in [0.1, 0.15) is 12.4 Å². The number of halogens is 1. The molecule has 0 aromatic heterocycles. The van der Waals surface area contributed by atoms with Gasteiger partial charge in [0.2, 0.25) is 5.91 Å². The maximum atomic E-state index is 13.8. The molecule has 8 heteroatoms. The number of anilines is 2. The fourth-order valence-corrected chi connectivity index (χ4v) is 6.25. The lowest BCUT2D eigenvalue weighted by molar-refractivity contribution is -0.127. The first-order chi connectivity index (χ1) is 16.9. The molecule has 0 saturated carbocycles. The van der Waals surface area contributed by atoms with Gasteiger partial charge in [0.05, 0.1) is 10.6 Å². The van der Waals surface area contributed by atoms with Crippen molar-refractivity contribution >= 4 is 46.3 Å². The minimum absolute atomic E-state index is 0.00226. The molecule has 0 aliphatic carbocycles. The van der Waals surface area contributed by atoms with Crippen LogP contribution in [-0.2, 0) is 9.59 Å². The van der Waals surface area contributed by atoms with Gasteiger partial charge in [0.15, 0.2) is 0 Å². The second kappa shape index (κ2) is 9.73. The summed E-state index contributed by atoms with van der Waals surface area (Å²) in [5.41, 5.74) is 4.35. The zero-order chi connectivity index (χ0) is 26.4. The number of benzene rings is 2. The molecule has 4 rings (SSSR count). The summed E-state index contributed by atoms with van der Waals surface area (Å²) in [6.07, 6.45) is 2.75. The number of fused-ring (bicyclic) bond motifs is 1. The van der Waals surface area contributed by atoms with Crippen LogP contribution in [0, 0.1) is 12.7 Å². The first kappa shape index (κ1) is 25.9. The molecule has 2 heterocycles. The van der Waals surface area contributed by atoms with Crippen molar-refractivity contribution in [2.45, 2.75) is 65.5 Å². The average Bonchev–Trinajstić information content (AvgIpc) is 3.03. The molecule has 1 unspecified atom stereocenters. The Morgan fingerprint density at radius 1 is 1.25 bits per heavy atom. The number of imide groups is 1. The van der Waals surface area contributed by atoms with Crippen molar-refractivity contribution in [3.05, 3.63) is 63.8 Å². The molecule has 0 spiro atoms. The molecule has 2 aliphatic rings. The van der Waals surface area contributed by atoms with Crippen LogP contribution in [0.4, 0.5) is 20.6 Å². The zero-order valence-corrected chi connectivity index (χ0v) is 22.3. The van der Waals surface area contributed by atoms with Gasteiger partial charge in [0.25, 0.3) is 11.1 Å². The van der Waals surface area contributed by atoms with E-state index >= 15 is 0 Å². The van der Waals surface area contributed by atoms with Gasteiger partial charge < -0.3 is 10.2 Å². The molecule has 1 saturated heterocycles. The van der Waals surface area contributed by atoms with Crippen LogP contribution in [0.2, 0.25) is 0 Å². The third kappa shape index (κ3) is 4.91. The van der Waals surface area contributed by atoms with Crippen LogP contribution in [0.25, 0.3) is 6.08 Å². The van der Waals surface area contributed by atoms with Crippen molar-refractivity contribution in [3.63, 3.8) is 0 Å². The van der Waals surface area contributed by atoms with E-state index in [2.05, 4.69) is 57.0 Å². The molecule has 1 N–H and O–H groups in total. The van der Waals surface area contributed by atoms with E-state index in [1.54, 1.807) is 12.1 Å². The summed E-state index contributed by atoms with van der Waals surface area (Å²) < 4.78 is 13.8. The Labute approximate surface area is 215 Å². The van der Waals surface area contributed by atoms with E-state index in [-0.39, 0.29) is 16.1 Å². The van der Waals surface area contributed by atoms with Gasteiger partial charge in [-0.15, -0.1) is 0 Å². The fourth-order valence-electron chi connectivity index (χ4n) is 5.42. The van der Waals surface area contributed by atoms with E-state index in [1.807, 2.05) is 6.92 Å². The van der Waals surface area contributed by atoms with Crippen molar-refractivity contribution in [2.75, 3.05) is 16.8 Å². The highest BCUT2D eigenvalue weighted by Gasteiger charge is 2.39. The Balaban J connectivity index is 1.58. The van der Waals surface area contributed by atoms with Gasteiger partial charge in [0, 0.05) is 17.3 Å². The molecule has 36 heavy (non-hydrogen) atoms. The smallest absolute Gasteiger partial charge is 0.294 e. The lowest BCUT2D eigenvalue weighted by Gasteiger charge is -2.50. The highest BCUT2D eigenvalue weighted by molar-refractivity contribution is 8.18. The van der Waals surface area contributed by atoms with Crippen molar-refractivity contribution in [1.29, 1.82) is 0 Å². The molecule has 6 nitrogen and oxygen atoms in total. The molecule has 2 aromatic rings. The number of para-hydroxylation sites is 1. The second-order valence-corrected chi connectivity index (χ2v) is 11.4. The molecule has 0 bridgehead atoms. The first-order valence-corrected chi connectivity index (χ1v) is 12.9. The number of carbonyl (C=O) groups is 3. The van der Waals surface area contributed by atoms with Gasteiger partial charge in [-0.1, -0.05) is 19.1 Å². The van der Waals surface area contributed by atoms with Crippen LogP contribution in [0.3, 0.4) is 0 Å². The van der Waals surface area contributed by atoms with E-state index in [9.17, 15) is 18.8 Å². The molecule has 190 valence electrons. The monoisotopic (exact) mass is 509 g/mol. The van der Waals surface area contributed by atoms with E-state index in [0.29, 0.717) is 12.0 Å². The van der Waals surface area contributed by atoms with Crippen LogP contribution in [0.5, 0.6) is 0 Å². The third-order valence-electron chi connectivity index (χ3n) is 6.79. The van der Waals surface area contributed by atoms with Gasteiger partial charge in [-0.05, 0) is 106 Å². The van der Waals surface area contributed by atoms with Crippen molar-refractivity contribution in [3.8, 4) is 0 Å². The molecule has 2 aromatic carbocycles. The minimum atomic E-state index is -0.640. The number of hydrogen-bond acceptors (Lipinski definition) is 5. The van der Waals surface area contributed by atoms with Crippen molar-refractivity contribution < 1.29 is 18.8 Å². The van der Waals surface area contributed by atoms with Gasteiger partial charge in [-0.25, -0.2) is 4.39 Å². The first-order valence-electron chi connectivity index (χ1n) is 12.1. The maximum Gasteiger partial charge on any atom is 0.294 e. The summed E-state index contributed by atoms with van der Waals surface area (Å²) in [5, 5.41) is 1.90. The van der Waals surface area contributed by atoms with E-state index < -0.39 is 29.4 Å².